The summed E-state index contributed by atoms with van der Waals surface area (Å²) in [7, 11) is 1.66. The van der Waals surface area contributed by atoms with Crippen LogP contribution in [0.25, 0.3) is 0 Å². The van der Waals surface area contributed by atoms with Crippen molar-refractivity contribution in [2.24, 2.45) is 5.92 Å². The summed E-state index contributed by atoms with van der Waals surface area (Å²) in [5, 5.41) is 1.09. The van der Waals surface area contributed by atoms with Crippen LogP contribution in [0.4, 0.5) is 0 Å². The lowest BCUT2D eigenvalue weighted by Gasteiger charge is -2.25. The molecule has 0 bridgehead atoms. The lowest BCUT2D eigenvalue weighted by molar-refractivity contribution is -0.00103. The number of rotatable bonds is 10. The molecule has 0 N–H and O–H groups in total. The van der Waals surface area contributed by atoms with E-state index >= 15 is 0 Å². The van der Waals surface area contributed by atoms with Gasteiger partial charge in [0, 0.05) is 10.9 Å². The van der Waals surface area contributed by atoms with Crippen LogP contribution in [0.2, 0.25) is 10.0 Å². The van der Waals surface area contributed by atoms with Crippen LogP contribution in [0, 0.1) is 5.92 Å². The zero-order chi connectivity index (χ0) is 21.3. The van der Waals surface area contributed by atoms with E-state index in [1.165, 1.54) is 5.56 Å². The Labute approximate surface area is 188 Å². The predicted octanol–water partition coefficient (Wildman–Crippen LogP) is 6.85. The molecule has 158 valence electrons. The van der Waals surface area contributed by atoms with Gasteiger partial charge in [-0.1, -0.05) is 65.7 Å². The molecule has 3 rings (SSSR count). The van der Waals surface area contributed by atoms with Gasteiger partial charge < -0.3 is 14.2 Å². The molecule has 0 saturated heterocycles. The molecule has 0 heterocycles. The zero-order valence-electron chi connectivity index (χ0n) is 17.2. The monoisotopic (exact) mass is 444 g/mol. The highest BCUT2D eigenvalue weighted by atomic mass is 35.5. The third kappa shape index (κ3) is 6.66. The zero-order valence-corrected chi connectivity index (χ0v) is 18.7. The van der Waals surface area contributed by atoms with Crippen LogP contribution in [-0.2, 0) is 17.8 Å². The third-order valence-corrected chi connectivity index (χ3v) is 5.55. The van der Waals surface area contributed by atoms with Crippen LogP contribution >= 0.6 is 23.2 Å². The second-order valence-corrected chi connectivity index (χ2v) is 8.04. The van der Waals surface area contributed by atoms with Gasteiger partial charge in [0.25, 0.3) is 0 Å². The summed E-state index contributed by atoms with van der Waals surface area (Å²) >= 11 is 12.3. The van der Waals surface area contributed by atoms with Gasteiger partial charge in [0.15, 0.2) is 0 Å². The second-order valence-electron chi connectivity index (χ2n) is 7.20. The van der Waals surface area contributed by atoms with E-state index in [4.69, 9.17) is 37.4 Å². The van der Waals surface area contributed by atoms with Crippen molar-refractivity contribution in [3.63, 3.8) is 0 Å². The average Bonchev–Trinajstić information content (AvgIpc) is 2.77. The molecule has 0 fully saturated rings. The Morgan fingerprint density at radius 2 is 1.60 bits per heavy atom. The number of hydrogen-bond donors (Lipinski definition) is 0. The van der Waals surface area contributed by atoms with Crippen molar-refractivity contribution < 1.29 is 14.2 Å². The number of methoxy groups -OCH3 is 1. The number of ether oxygens (including phenoxy) is 3. The van der Waals surface area contributed by atoms with E-state index in [-0.39, 0.29) is 12.0 Å². The Kier molecular flexibility index (Phi) is 8.44. The van der Waals surface area contributed by atoms with Crippen LogP contribution in [0.3, 0.4) is 0 Å². The van der Waals surface area contributed by atoms with E-state index in [2.05, 4.69) is 19.1 Å². The van der Waals surface area contributed by atoms with Crippen LogP contribution in [-0.4, -0.2) is 19.8 Å². The van der Waals surface area contributed by atoms with Crippen molar-refractivity contribution >= 4 is 23.2 Å². The maximum absolute atomic E-state index is 6.27. The molecule has 0 saturated carbocycles. The summed E-state index contributed by atoms with van der Waals surface area (Å²) in [6.45, 7) is 3.10. The van der Waals surface area contributed by atoms with Gasteiger partial charge in [-0.3, -0.25) is 0 Å². The smallest absolute Gasteiger partial charge is 0.137 e. The molecule has 2 atom stereocenters. The number of halogens is 2. The fraction of sp³-hybridized carbons (Fsp3) is 0.280. The molecule has 0 aliphatic rings. The van der Waals surface area contributed by atoms with Gasteiger partial charge >= 0.3 is 0 Å². The Bertz CT molecular complexity index is 913. The van der Waals surface area contributed by atoms with Crippen molar-refractivity contribution in [2.45, 2.75) is 26.1 Å². The molecular weight excluding hydrogens is 419 g/mol. The Morgan fingerprint density at radius 1 is 0.867 bits per heavy atom. The number of hydrogen-bond acceptors (Lipinski definition) is 3. The van der Waals surface area contributed by atoms with Gasteiger partial charge in [-0.2, -0.15) is 0 Å². The Balaban J connectivity index is 1.65. The first kappa shape index (κ1) is 22.5. The second kappa shape index (κ2) is 11.3. The molecule has 0 aliphatic heterocycles. The minimum absolute atomic E-state index is 0.0154. The average molecular weight is 445 g/mol. The highest BCUT2D eigenvalue weighted by molar-refractivity contribution is 6.35. The molecule has 5 heteroatoms. The SMILES string of the molecule is COc1ccc(COC(C)[C@@H](COc2ccc(Cl)cc2Cl)Cc2ccccc2)cc1. The summed E-state index contributed by atoms with van der Waals surface area (Å²) in [4.78, 5) is 0. The summed E-state index contributed by atoms with van der Waals surface area (Å²) < 4.78 is 17.5. The van der Waals surface area contributed by atoms with E-state index in [1.807, 2.05) is 42.5 Å². The molecule has 0 radical (unpaired) electrons. The number of benzene rings is 3. The largest absolute Gasteiger partial charge is 0.497 e. The third-order valence-electron chi connectivity index (χ3n) is 5.02. The van der Waals surface area contributed by atoms with E-state index < -0.39 is 0 Å². The first-order valence-corrected chi connectivity index (χ1v) is 10.7. The quantitative estimate of drug-likeness (QED) is 0.342. The maximum atomic E-state index is 6.27. The highest BCUT2D eigenvalue weighted by Crippen LogP contribution is 2.29. The van der Waals surface area contributed by atoms with Crippen molar-refractivity contribution in [3.8, 4) is 11.5 Å². The van der Waals surface area contributed by atoms with Gasteiger partial charge in [-0.05, 0) is 54.8 Å². The normalized spacial score (nSPS) is 12.9. The van der Waals surface area contributed by atoms with Crippen molar-refractivity contribution in [2.75, 3.05) is 13.7 Å². The van der Waals surface area contributed by atoms with Crippen LogP contribution < -0.4 is 9.47 Å². The standard InChI is InChI=1S/C25H26Cl2O3/c1-18(29-16-20-8-11-23(28-2)12-9-20)21(14-19-6-4-3-5-7-19)17-30-25-13-10-22(26)15-24(25)27/h3-13,15,18,21H,14,16-17H2,1-2H3/t18?,21-/m1/s1. The maximum Gasteiger partial charge on any atom is 0.137 e. The molecule has 3 aromatic rings. The summed E-state index contributed by atoms with van der Waals surface area (Å²) in [6.07, 6.45) is 0.828. The first-order valence-electron chi connectivity index (χ1n) is 9.91. The minimum atomic E-state index is -0.0154. The fourth-order valence-corrected chi connectivity index (χ4v) is 3.61. The van der Waals surface area contributed by atoms with Crippen molar-refractivity contribution in [1.29, 1.82) is 0 Å². The Morgan fingerprint density at radius 3 is 2.27 bits per heavy atom. The molecule has 0 aliphatic carbocycles. The van der Waals surface area contributed by atoms with Crippen LogP contribution in [0.5, 0.6) is 11.5 Å². The summed E-state index contributed by atoms with van der Waals surface area (Å²) in [6, 6.07) is 23.5. The summed E-state index contributed by atoms with van der Waals surface area (Å²) in [5.74, 6) is 1.61. The molecular formula is C25H26Cl2O3. The lowest BCUT2D eigenvalue weighted by atomic mass is 9.95. The molecule has 0 spiro atoms. The van der Waals surface area contributed by atoms with E-state index in [0.29, 0.717) is 29.0 Å². The van der Waals surface area contributed by atoms with Gasteiger partial charge in [0.05, 0.1) is 31.5 Å². The Hall–Kier alpha value is -2.20. The summed E-state index contributed by atoms with van der Waals surface area (Å²) in [5.41, 5.74) is 2.34. The van der Waals surface area contributed by atoms with Gasteiger partial charge in [-0.25, -0.2) is 0 Å². The van der Waals surface area contributed by atoms with Gasteiger partial charge in [0.2, 0.25) is 0 Å². The van der Waals surface area contributed by atoms with Gasteiger partial charge in [0.1, 0.15) is 11.5 Å². The lowest BCUT2D eigenvalue weighted by Crippen LogP contribution is -2.28. The molecule has 0 aromatic heterocycles. The molecule has 1 unspecified atom stereocenters. The molecule has 0 amide bonds. The van der Waals surface area contributed by atoms with Crippen molar-refractivity contribution in [1.82, 2.24) is 0 Å². The first-order chi connectivity index (χ1) is 14.5. The van der Waals surface area contributed by atoms with Crippen LogP contribution in [0.15, 0.2) is 72.8 Å². The molecule has 30 heavy (non-hydrogen) atoms. The minimum Gasteiger partial charge on any atom is -0.497 e. The molecule has 3 aromatic carbocycles. The van der Waals surface area contributed by atoms with E-state index in [9.17, 15) is 0 Å². The predicted molar refractivity (Wildman–Crippen MR) is 123 cm³/mol. The fourth-order valence-electron chi connectivity index (χ4n) is 3.15. The van der Waals surface area contributed by atoms with Crippen molar-refractivity contribution in [3.05, 3.63) is 94.0 Å². The molecule has 3 nitrogen and oxygen atoms in total. The van der Waals surface area contributed by atoms with E-state index in [0.717, 1.165) is 17.7 Å². The van der Waals surface area contributed by atoms with E-state index in [1.54, 1.807) is 25.3 Å². The highest BCUT2D eigenvalue weighted by Gasteiger charge is 2.20. The topological polar surface area (TPSA) is 27.7 Å². The van der Waals surface area contributed by atoms with Gasteiger partial charge in [-0.15, -0.1) is 0 Å². The van der Waals surface area contributed by atoms with Crippen LogP contribution in [0.1, 0.15) is 18.1 Å².